The molecule has 1 heterocycles. The molecule has 0 spiro atoms. The fraction of sp³-hybridized carbons (Fsp3) is 0.176. The van der Waals surface area contributed by atoms with E-state index < -0.39 is 21.8 Å². The van der Waals surface area contributed by atoms with Gasteiger partial charge in [0.25, 0.3) is 0 Å². The molecule has 0 fully saturated rings. The number of hydrogen-bond donors (Lipinski definition) is 0. The lowest BCUT2D eigenvalue weighted by Crippen LogP contribution is -2.04. The zero-order valence-corrected chi connectivity index (χ0v) is 15.0. The van der Waals surface area contributed by atoms with Crippen LogP contribution >= 0.6 is 0 Å². The second kappa shape index (κ2) is 7.03. The van der Waals surface area contributed by atoms with Gasteiger partial charge in [-0.25, -0.2) is 4.21 Å². The van der Waals surface area contributed by atoms with Gasteiger partial charge < -0.3 is 9.26 Å². The van der Waals surface area contributed by atoms with Crippen LogP contribution in [-0.2, 0) is 15.9 Å². The van der Waals surface area contributed by atoms with Gasteiger partial charge in [-0.05, 0) is 48.5 Å². The largest absolute Gasteiger partial charge is 0.497 e. The van der Waals surface area contributed by atoms with Gasteiger partial charge in [0.2, 0.25) is 5.82 Å². The van der Waals surface area contributed by atoms with Gasteiger partial charge in [0.1, 0.15) is 5.75 Å². The van der Waals surface area contributed by atoms with E-state index in [0.29, 0.717) is 21.9 Å². The standard InChI is InChI=1S/C17H14F3N3O3S/c1-25-13-7-9-14(10-8-13)27(2,24)23-12-5-3-11(4-6-12)15-21-16(26-22-15)17(18,19)20/h3-10H,1-2H3. The van der Waals surface area contributed by atoms with Crippen LogP contribution in [0, 0.1) is 0 Å². The van der Waals surface area contributed by atoms with Crippen molar-refractivity contribution >= 4 is 15.4 Å². The summed E-state index contributed by atoms with van der Waals surface area (Å²) in [6, 6.07) is 12.7. The maximum atomic E-state index is 12.9. The maximum Gasteiger partial charge on any atom is 0.471 e. The average Bonchev–Trinajstić information content (AvgIpc) is 3.13. The molecule has 0 saturated heterocycles. The zero-order chi connectivity index (χ0) is 19.7. The third kappa shape index (κ3) is 4.27. The normalized spacial score (nSPS) is 13.8. The molecule has 27 heavy (non-hydrogen) atoms. The van der Waals surface area contributed by atoms with E-state index in [1.165, 1.54) is 37.6 Å². The number of hydrogen-bond acceptors (Lipinski definition) is 6. The lowest BCUT2D eigenvalue weighted by Gasteiger charge is -2.06. The Morgan fingerprint density at radius 3 is 2.22 bits per heavy atom. The van der Waals surface area contributed by atoms with E-state index in [1.54, 1.807) is 24.3 Å². The number of methoxy groups -OCH3 is 1. The smallest absolute Gasteiger partial charge is 0.471 e. The number of ether oxygens (including phenoxy) is 1. The maximum absolute atomic E-state index is 12.9. The SMILES string of the molecule is COc1ccc(S(C)(=O)=Nc2ccc(-c3noc(C(F)(F)F)n3)cc2)cc1. The van der Waals surface area contributed by atoms with Gasteiger partial charge in [0.05, 0.1) is 22.5 Å². The van der Waals surface area contributed by atoms with Crippen molar-refractivity contribution in [1.82, 2.24) is 10.1 Å². The minimum Gasteiger partial charge on any atom is -0.497 e. The molecular formula is C17H14F3N3O3S. The summed E-state index contributed by atoms with van der Waals surface area (Å²) in [4.78, 5) is 3.85. The summed E-state index contributed by atoms with van der Waals surface area (Å²) in [5.74, 6) is -0.972. The van der Waals surface area contributed by atoms with Crippen molar-refractivity contribution in [3.8, 4) is 17.1 Å². The van der Waals surface area contributed by atoms with Crippen LogP contribution in [0.4, 0.5) is 18.9 Å². The molecule has 0 radical (unpaired) electrons. The van der Waals surface area contributed by atoms with Crippen molar-refractivity contribution in [3.63, 3.8) is 0 Å². The Morgan fingerprint density at radius 2 is 1.70 bits per heavy atom. The van der Waals surface area contributed by atoms with Crippen LogP contribution in [0.15, 0.2) is 62.3 Å². The molecule has 2 aromatic carbocycles. The van der Waals surface area contributed by atoms with Gasteiger partial charge >= 0.3 is 12.1 Å². The van der Waals surface area contributed by atoms with Gasteiger partial charge in [-0.15, -0.1) is 0 Å². The Bertz CT molecular complexity index is 1050. The quantitative estimate of drug-likeness (QED) is 0.645. The second-order valence-corrected chi connectivity index (χ2v) is 7.80. The molecule has 0 bridgehead atoms. The van der Waals surface area contributed by atoms with E-state index >= 15 is 0 Å². The Balaban J connectivity index is 1.87. The number of aromatic nitrogens is 2. The van der Waals surface area contributed by atoms with Crippen LogP contribution in [0.2, 0.25) is 0 Å². The van der Waals surface area contributed by atoms with Crippen molar-refractivity contribution in [2.75, 3.05) is 13.4 Å². The van der Waals surface area contributed by atoms with Gasteiger partial charge in [-0.3, -0.25) is 0 Å². The summed E-state index contributed by atoms with van der Waals surface area (Å²) >= 11 is 0. The highest BCUT2D eigenvalue weighted by atomic mass is 32.2. The second-order valence-electron chi connectivity index (χ2n) is 5.54. The molecule has 1 unspecified atom stereocenters. The molecule has 6 nitrogen and oxygen atoms in total. The van der Waals surface area contributed by atoms with E-state index in [9.17, 15) is 17.4 Å². The molecule has 0 aliphatic carbocycles. The lowest BCUT2D eigenvalue weighted by molar-refractivity contribution is -0.159. The van der Waals surface area contributed by atoms with E-state index in [0.717, 1.165) is 0 Å². The predicted molar refractivity (Wildman–Crippen MR) is 92.2 cm³/mol. The molecule has 10 heteroatoms. The Kier molecular flexibility index (Phi) is 4.92. The summed E-state index contributed by atoms with van der Waals surface area (Å²) in [6.45, 7) is 0. The molecule has 0 N–H and O–H groups in total. The summed E-state index contributed by atoms with van der Waals surface area (Å²) in [6.07, 6.45) is -3.20. The number of nitrogens with zero attached hydrogens (tertiary/aromatic N) is 3. The Labute approximate surface area is 153 Å². The van der Waals surface area contributed by atoms with Crippen molar-refractivity contribution in [3.05, 3.63) is 54.4 Å². The summed E-state index contributed by atoms with van der Waals surface area (Å²) in [7, 11) is -1.18. The molecule has 1 aromatic heterocycles. The zero-order valence-electron chi connectivity index (χ0n) is 14.2. The van der Waals surface area contributed by atoms with E-state index in [2.05, 4.69) is 19.0 Å². The van der Waals surface area contributed by atoms with E-state index in [4.69, 9.17) is 4.74 Å². The first kappa shape index (κ1) is 18.9. The van der Waals surface area contributed by atoms with E-state index in [1.807, 2.05) is 0 Å². The Hall–Kier alpha value is -2.88. The fourth-order valence-electron chi connectivity index (χ4n) is 2.21. The molecule has 142 valence electrons. The monoisotopic (exact) mass is 397 g/mol. The highest BCUT2D eigenvalue weighted by Gasteiger charge is 2.38. The van der Waals surface area contributed by atoms with Crippen LogP contribution in [0.3, 0.4) is 0 Å². The van der Waals surface area contributed by atoms with Gasteiger partial charge in [0, 0.05) is 16.7 Å². The molecule has 0 saturated carbocycles. The highest BCUT2D eigenvalue weighted by Crippen LogP contribution is 2.30. The van der Waals surface area contributed by atoms with Crippen LogP contribution in [0.5, 0.6) is 5.75 Å². The van der Waals surface area contributed by atoms with Crippen molar-refractivity contribution in [1.29, 1.82) is 0 Å². The van der Waals surface area contributed by atoms with Crippen molar-refractivity contribution in [2.24, 2.45) is 4.36 Å². The van der Waals surface area contributed by atoms with Crippen LogP contribution < -0.4 is 4.74 Å². The molecule has 3 aromatic rings. The predicted octanol–water partition coefficient (Wildman–Crippen LogP) is 4.55. The molecule has 1 atom stereocenters. The Morgan fingerprint density at radius 1 is 1.07 bits per heavy atom. The number of halogens is 3. The fourth-order valence-corrected chi connectivity index (χ4v) is 3.48. The van der Waals surface area contributed by atoms with Gasteiger partial charge in [-0.1, -0.05) is 5.16 Å². The molecular weight excluding hydrogens is 383 g/mol. The minimum atomic E-state index is -4.70. The third-order valence-corrected chi connectivity index (χ3v) is 5.28. The number of benzene rings is 2. The van der Waals surface area contributed by atoms with Crippen molar-refractivity contribution < 1.29 is 26.6 Å². The first-order chi connectivity index (χ1) is 12.7. The molecule has 3 rings (SSSR count). The summed E-state index contributed by atoms with van der Waals surface area (Å²) in [5, 5.41) is 3.32. The van der Waals surface area contributed by atoms with Gasteiger partial charge in [0.15, 0.2) is 0 Å². The van der Waals surface area contributed by atoms with Crippen LogP contribution in [0.1, 0.15) is 5.89 Å². The highest BCUT2D eigenvalue weighted by molar-refractivity contribution is 7.93. The number of alkyl halides is 3. The molecule has 0 amide bonds. The van der Waals surface area contributed by atoms with E-state index in [-0.39, 0.29) is 5.82 Å². The minimum absolute atomic E-state index is 0.193. The molecule has 0 aliphatic heterocycles. The topological polar surface area (TPSA) is 77.6 Å². The number of rotatable bonds is 4. The first-order valence-corrected chi connectivity index (χ1v) is 9.49. The van der Waals surface area contributed by atoms with Crippen LogP contribution in [0.25, 0.3) is 11.4 Å². The lowest BCUT2D eigenvalue weighted by atomic mass is 10.2. The third-order valence-electron chi connectivity index (χ3n) is 3.57. The summed E-state index contributed by atoms with van der Waals surface area (Å²) in [5.41, 5.74) is 0.724. The first-order valence-electron chi connectivity index (χ1n) is 7.56. The average molecular weight is 397 g/mol. The van der Waals surface area contributed by atoms with Crippen LogP contribution in [-0.4, -0.2) is 27.7 Å². The van der Waals surface area contributed by atoms with Gasteiger partial charge in [-0.2, -0.15) is 22.5 Å². The molecule has 0 aliphatic rings. The van der Waals surface area contributed by atoms with Crippen molar-refractivity contribution in [2.45, 2.75) is 11.1 Å². The summed E-state index contributed by atoms with van der Waals surface area (Å²) < 4.78 is 63.9.